The first-order valence-corrected chi connectivity index (χ1v) is 20.2. The molecule has 18 nitrogen and oxygen atoms in total. The molecule has 3 N–H and O–H groups in total. The minimum atomic E-state index is -4.71. The predicted octanol–water partition coefficient (Wildman–Crippen LogP) is 3.21. The van der Waals surface area contributed by atoms with Gasteiger partial charge in [-0.15, -0.1) is 0 Å². The summed E-state index contributed by atoms with van der Waals surface area (Å²) in [5.74, 6) is -1.54. The summed E-state index contributed by atoms with van der Waals surface area (Å²) in [6.45, 7) is -1.94. The minimum absolute atomic E-state index is 0.0972. The second kappa shape index (κ2) is 15.6. The summed E-state index contributed by atoms with van der Waals surface area (Å²) in [4.78, 5) is 34.6. The number of carbonyl (C=O) groups is 2. The lowest BCUT2D eigenvalue weighted by Gasteiger charge is -2.22. The summed E-state index contributed by atoms with van der Waals surface area (Å²) in [7, 11) is -7.87. The largest absolute Gasteiger partial charge is 0.438 e. The molecule has 0 spiro atoms. The fraction of sp³-hybridized carbons (Fsp3) is 0.516. The Kier molecular flexibility index (Phi) is 11.4. The number of hydrogen-bond acceptors (Lipinski definition) is 16. The van der Waals surface area contributed by atoms with E-state index in [0.717, 1.165) is 30.6 Å². The van der Waals surface area contributed by atoms with E-state index < -0.39 is 78.9 Å². The van der Waals surface area contributed by atoms with E-state index in [-0.39, 0.29) is 41.1 Å². The van der Waals surface area contributed by atoms with Gasteiger partial charge in [0.15, 0.2) is 26.7 Å². The van der Waals surface area contributed by atoms with E-state index >= 15 is 0 Å². The topological polar surface area (TPSA) is 242 Å². The number of aromatic nitrogens is 3. The highest BCUT2D eigenvalue weighted by Gasteiger charge is 2.47. The highest BCUT2D eigenvalue weighted by atomic mass is 35.5. The van der Waals surface area contributed by atoms with Crippen molar-refractivity contribution >= 4 is 63.6 Å². The van der Waals surface area contributed by atoms with Crippen molar-refractivity contribution in [2.75, 3.05) is 42.1 Å². The van der Waals surface area contributed by atoms with Gasteiger partial charge in [-0.25, -0.2) is 23.2 Å². The van der Waals surface area contributed by atoms with Crippen LogP contribution in [0.2, 0.25) is 5.15 Å². The van der Waals surface area contributed by atoms with Crippen LogP contribution in [0.15, 0.2) is 30.6 Å². The molecule has 52 heavy (non-hydrogen) atoms. The molecular formula is C31H36ClN6O12PS. The Labute approximate surface area is 303 Å². The Morgan fingerprint density at radius 1 is 1.12 bits per heavy atom. The molecule has 280 valence electrons. The number of aliphatic hydroxyl groups excluding tert-OH is 2. The molecule has 1 saturated heterocycles. The van der Waals surface area contributed by atoms with Crippen LogP contribution >= 0.6 is 19.2 Å². The van der Waals surface area contributed by atoms with Crippen molar-refractivity contribution in [3.63, 3.8) is 0 Å². The monoisotopic (exact) mass is 782 g/mol. The number of fused-ring (bicyclic) bond motifs is 2. The Morgan fingerprint density at radius 2 is 1.85 bits per heavy atom. The number of esters is 1. The predicted molar refractivity (Wildman–Crippen MR) is 183 cm³/mol. The summed E-state index contributed by atoms with van der Waals surface area (Å²) in [5, 5.41) is 35.5. The normalized spacial score (nSPS) is 26.7. The molecule has 1 unspecified atom stereocenters. The molecule has 5 heterocycles. The third-order valence-corrected chi connectivity index (χ3v) is 13.9. The fourth-order valence-corrected chi connectivity index (χ4v) is 10.8. The maximum absolute atomic E-state index is 13.7. The van der Waals surface area contributed by atoms with Gasteiger partial charge >= 0.3 is 19.7 Å². The number of halogens is 1. The van der Waals surface area contributed by atoms with Gasteiger partial charge < -0.3 is 34.3 Å². The zero-order valence-electron chi connectivity index (χ0n) is 27.8. The molecule has 6 rings (SSSR count). The first-order valence-electron chi connectivity index (χ1n) is 16.3. The molecular weight excluding hydrogens is 747 g/mol. The Bertz CT molecular complexity index is 2040. The number of amides is 1. The van der Waals surface area contributed by atoms with Gasteiger partial charge in [0.05, 0.1) is 11.4 Å². The average Bonchev–Trinajstić information content (AvgIpc) is 3.83. The standard InChI is InChI=1S/C31H36ClN6O12PS/c1-37-28-18(5-4-11-34-28)8-9-23(39)46-15-48-51(43,49-16-47-31(37)42)17-52(44,45)14-22-25(40)26(41)30(50-22)38-12-10-20-24(35-19-6-2-3-7-19)21(13-33)27(32)36-29(20)38/h4-5,10-12,19,22,25-26,30,40-41H,2-3,6-9,14-17H2,1H3,(H,35,36)/t22-,25-,26-,30-,51?/m1/s1. The molecule has 3 aliphatic rings. The first-order chi connectivity index (χ1) is 24.8. The maximum atomic E-state index is 13.7. The number of cyclic esters (lactones) is 2. The quantitative estimate of drug-likeness (QED) is 0.177. The van der Waals surface area contributed by atoms with Crippen molar-refractivity contribution in [1.82, 2.24) is 14.5 Å². The number of carbonyl (C=O) groups excluding carboxylic acids is 2. The highest BCUT2D eigenvalue weighted by Crippen LogP contribution is 2.50. The number of pyridine rings is 2. The molecule has 2 fully saturated rings. The van der Waals surface area contributed by atoms with Crippen molar-refractivity contribution in [1.29, 1.82) is 5.26 Å². The Hall–Kier alpha value is -3.86. The van der Waals surface area contributed by atoms with Crippen molar-refractivity contribution in [2.45, 2.75) is 69.1 Å². The first kappa shape index (κ1) is 37.9. The van der Waals surface area contributed by atoms with Crippen molar-refractivity contribution in [3.05, 3.63) is 46.9 Å². The van der Waals surface area contributed by atoms with E-state index in [0.29, 0.717) is 16.6 Å². The van der Waals surface area contributed by atoms with Gasteiger partial charge in [-0.3, -0.25) is 23.3 Å². The zero-order chi connectivity index (χ0) is 37.2. The van der Waals surface area contributed by atoms with Gasteiger partial charge in [-0.2, -0.15) is 5.26 Å². The van der Waals surface area contributed by atoms with Crippen LogP contribution in [0.4, 0.5) is 16.3 Å². The third-order valence-electron chi connectivity index (χ3n) is 8.98. The number of anilines is 2. The molecule has 3 aromatic rings. The number of nitrogens with one attached hydrogen (secondary N) is 1. The van der Waals surface area contributed by atoms with Crippen LogP contribution in [-0.2, 0) is 48.9 Å². The van der Waals surface area contributed by atoms with Crippen LogP contribution < -0.4 is 10.2 Å². The maximum Gasteiger partial charge on any atom is 0.417 e. The number of aryl methyl sites for hydroxylation is 1. The van der Waals surface area contributed by atoms with E-state index in [1.54, 1.807) is 18.2 Å². The third kappa shape index (κ3) is 8.19. The van der Waals surface area contributed by atoms with Gasteiger partial charge in [0.25, 0.3) is 0 Å². The minimum Gasteiger partial charge on any atom is -0.438 e. The van der Waals surface area contributed by atoms with Crippen LogP contribution in [0.3, 0.4) is 0 Å². The number of ether oxygens (including phenoxy) is 3. The van der Waals surface area contributed by atoms with Crippen molar-refractivity contribution in [3.8, 4) is 6.07 Å². The second-order valence-electron chi connectivity index (χ2n) is 12.5. The summed E-state index contributed by atoms with van der Waals surface area (Å²) >= 11 is 6.40. The SMILES string of the molecule is CN1C(=O)OCOP(=O)(CS(=O)(=O)C[C@H]2O[C@@H](n3ccc4c(NC5CCCC5)c(C#N)c(Cl)nc43)[C@H](O)[C@@H]2O)OCOC(=O)CCc2cccnc21. The summed E-state index contributed by atoms with van der Waals surface area (Å²) in [5.41, 5.74) is 0.0699. The lowest BCUT2D eigenvalue weighted by atomic mass is 10.1. The molecule has 0 bridgehead atoms. The van der Waals surface area contributed by atoms with Gasteiger partial charge in [0.1, 0.15) is 41.4 Å². The number of aliphatic hydroxyl groups is 2. The molecule has 3 aromatic heterocycles. The van der Waals surface area contributed by atoms with Crippen LogP contribution in [-0.4, -0.2) is 101 Å². The molecule has 5 atom stereocenters. The summed E-state index contributed by atoms with van der Waals surface area (Å²) < 4.78 is 68.1. The lowest BCUT2D eigenvalue weighted by Crippen LogP contribution is -2.36. The van der Waals surface area contributed by atoms with E-state index in [2.05, 4.69) is 21.4 Å². The smallest absolute Gasteiger partial charge is 0.417 e. The van der Waals surface area contributed by atoms with Gasteiger partial charge in [0.2, 0.25) is 13.6 Å². The molecule has 1 aliphatic carbocycles. The number of nitrogens with zero attached hydrogens (tertiary/aromatic N) is 5. The van der Waals surface area contributed by atoms with Crippen LogP contribution in [0.25, 0.3) is 11.0 Å². The van der Waals surface area contributed by atoms with E-state index in [9.17, 15) is 38.0 Å². The van der Waals surface area contributed by atoms with Crippen molar-refractivity contribution in [2.24, 2.45) is 0 Å². The summed E-state index contributed by atoms with van der Waals surface area (Å²) in [6.07, 6.45) is -0.451. The molecule has 1 saturated carbocycles. The van der Waals surface area contributed by atoms with E-state index in [1.165, 1.54) is 24.0 Å². The Balaban J connectivity index is 1.17. The molecule has 0 radical (unpaired) electrons. The average molecular weight is 783 g/mol. The van der Waals surface area contributed by atoms with Gasteiger partial charge in [-0.1, -0.05) is 30.5 Å². The fourth-order valence-electron chi connectivity index (χ4n) is 6.37. The lowest BCUT2D eigenvalue weighted by molar-refractivity contribution is -0.150. The van der Waals surface area contributed by atoms with Gasteiger partial charge in [0, 0.05) is 37.3 Å². The van der Waals surface area contributed by atoms with E-state index in [1.807, 2.05) is 0 Å². The zero-order valence-corrected chi connectivity index (χ0v) is 30.3. The van der Waals surface area contributed by atoms with Crippen LogP contribution in [0.5, 0.6) is 0 Å². The molecule has 2 aliphatic heterocycles. The molecule has 1 amide bonds. The second-order valence-corrected chi connectivity index (χ2v) is 17.5. The molecule has 21 heteroatoms. The number of nitriles is 1. The number of sulfone groups is 1. The van der Waals surface area contributed by atoms with Crippen LogP contribution in [0, 0.1) is 11.3 Å². The molecule has 0 aromatic carbocycles. The van der Waals surface area contributed by atoms with Gasteiger partial charge in [-0.05, 0) is 37.0 Å². The van der Waals surface area contributed by atoms with Crippen LogP contribution in [0.1, 0.15) is 49.5 Å². The van der Waals surface area contributed by atoms with Crippen molar-refractivity contribution < 1.29 is 56.0 Å². The number of hydrogen-bond donors (Lipinski definition) is 3. The highest BCUT2D eigenvalue weighted by molar-refractivity contribution is 7.97. The summed E-state index contributed by atoms with van der Waals surface area (Å²) in [6, 6.07) is 7.12. The number of rotatable bonds is 7. The van der Waals surface area contributed by atoms with E-state index in [4.69, 9.17) is 34.9 Å². The Morgan fingerprint density at radius 3 is 2.58 bits per heavy atom.